The molecule has 2 N–H and O–H groups in total. The van der Waals surface area contributed by atoms with E-state index in [4.69, 9.17) is 18.3 Å². The van der Waals surface area contributed by atoms with Crippen molar-refractivity contribution in [2.75, 3.05) is 6.61 Å². The summed E-state index contributed by atoms with van der Waals surface area (Å²) in [7, 11) is -4.02. The minimum Gasteiger partial charge on any atom is -0.482 e. The summed E-state index contributed by atoms with van der Waals surface area (Å²) in [4.78, 5) is 31.8. The van der Waals surface area contributed by atoms with Crippen LogP contribution in [0.25, 0.3) is 11.3 Å². The molecule has 3 aliphatic rings. The summed E-state index contributed by atoms with van der Waals surface area (Å²) in [5.41, 5.74) is -2.93. The molecule has 2 aromatic heterocycles. The standard InChI is InChI=1S/C41H51FN2O8Si/c1-37(2,3)53(42,38(4,5)6)52-30-16-17-39(7)29(40(30,8)23-45)20-31(50-35(47)25-14-12-24(21-43)13-15-25)41(9)34(39)33(46)32-28(51-41)19-27(49-36(32)48)26-11-10-18-44-22-26/h10-15,18-19,22,29-31,33-34,45-46H,16-17,20,23H2,1-9H3/t29?,30-,31-,33?,34?,39-,40-,41+/m0/s1. The molecule has 8 atom stereocenters. The van der Waals surface area contributed by atoms with Gasteiger partial charge in [0.2, 0.25) is 0 Å². The van der Waals surface area contributed by atoms with Crippen LogP contribution in [0.1, 0.15) is 109 Å². The molecule has 2 saturated carbocycles. The number of ether oxygens (including phenoxy) is 2. The van der Waals surface area contributed by atoms with Crippen molar-refractivity contribution in [3.8, 4) is 23.1 Å². The number of hydrogen-bond acceptors (Lipinski definition) is 10. The average molecular weight is 747 g/mol. The number of aliphatic hydroxyl groups is 2. The van der Waals surface area contributed by atoms with Gasteiger partial charge in [0.15, 0.2) is 0 Å². The Morgan fingerprint density at radius 1 is 1.09 bits per heavy atom. The maximum Gasteiger partial charge on any atom is 0.394 e. The van der Waals surface area contributed by atoms with Crippen molar-refractivity contribution < 1.29 is 37.4 Å². The van der Waals surface area contributed by atoms with Crippen molar-refractivity contribution in [1.82, 2.24) is 4.98 Å². The third-order valence-electron chi connectivity index (χ3n) is 12.6. The molecular formula is C41H51FN2O8Si. The second kappa shape index (κ2) is 13.1. The summed E-state index contributed by atoms with van der Waals surface area (Å²) in [6, 6.07) is 13.1. The van der Waals surface area contributed by atoms with Gasteiger partial charge in [0, 0.05) is 45.4 Å². The Hall–Kier alpha value is -3.89. The molecule has 6 rings (SSSR count). The van der Waals surface area contributed by atoms with Crippen LogP contribution in [0.3, 0.4) is 0 Å². The molecule has 3 heterocycles. The minimum atomic E-state index is -4.02. The molecule has 0 spiro atoms. The molecule has 0 bridgehead atoms. The van der Waals surface area contributed by atoms with Gasteiger partial charge in [-0.05, 0) is 73.9 Å². The quantitative estimate of drug-likeness (QED) is 0.145. The van der Waals surface area contributed by atoms with Gasteiger partial charge in [0.05, 0.1) is 36.0 Å². The summed E-state index contributed by atoms with van der Waals surface area (Å²) in [6.07, 6.45) is 1.05. The fraction of sp³-hybridized carbons (Fsp3) is 0.561. The molecular weight excluding hydrogens is 696 g/mol. The SMILES string of the molecule is CC(C)(C)[Si](F)(O[C@H]1CC[C@@]2(C)C(C[C@H](OC(=O)c3ccc(C#N)cc3)[C@@]3(C)Oc4cc(-c5cccnc5)oc(=O)c4C(O)C23)[C@]1(C)CO)C(C)(C)C. The highest BCUT2D eigenvalue weighted by Gasteiger charge is 2.71. The number of aliphatic hydroxyl groups excluding tert-OH is 2. The third-order valence-corrected chi connectivity index (χ3v) is 17.1. The number of nitrogens with zero attached hydrogens (tertiary/aromatic N) is 2. The Morgan fingerprint density at radius 3 is 2.32 bits per heavy atom. The molecule has 0 amide bonds. The number of hydrogen-bond donors (Lipinski definition) is 2. The molecule has 284 valence electrons. The fourth-order valence-electron chi connectivity index (χ4n) is 9.95. The van der Waals surface area contributed by atoms with E-state index in [2.05, 4.69) is 4.98 Å². The monoisotopic (exact) mass is 746 g/mol. The average Bonchev–Trinajstić information content (AvgIpc) is 3.09. The lowest BCUT2D eigenvalue weighted by Crippen LogP contribution is -2.72. The number of nitriles is 1. The number of pyridine rings is 1. The van der Waals surface area contributed by atoms with Gasteiger partial charge >= 0.3 is 20.2 Å². The smallest absolute Gasteiger partial charge is 0.394 e. The Morgan fingerprint density at radius 2 is 1.75 bits per heavy atom. The molecule has 3 unspecified atom stereocenters. The van der Waals surface area contributed by atoms with Crippen LogP contribution in [-0.4, -0.2) is 54.2 Å². The van der Waals surface area contributed by atoms with Gasteiger partial charge in [0.1, 0.15) is 28.8 Å². The Balaban J connectivity index is 1.49. The maximum atomic E-state index is 17.5. The van der Waals surface area contributed by atoms with Crippen molar-refractivity contribution >= 4 is 14.6 Å². The van der Waals surface area contributed by atoms with Gasteiger partial charge in [-0.3, -0.25) is 9.09 Å². The molecule has 2 aliphatic carbocycles. The van der Waals surface area contributed by atoms with E-state index in [9.17, 15) is 25.1 Å². The first kappa shape index (κ1) is 38.8. The van der Waals surface area contributed by atoms with Crippen LogP contribution >= 0.6 is 0 Å². The molecule has 53 heavy (non-hydrogen) atoms. The van der Waals surface area contributed by atoms with Crippen LogP contribution in [-0.2, 0) is 9.16 Å². The largest absolute Gasteiger partial charge is 0.482 e. The first-order valence-corrected chi connectivity index (χ1v) is 20.1. The Bertz CT molecular complexity index is 1950. The first-order chi connectivity index (χ1) is 24.6. The van der Waals surface area contributed by atoms with E-state index < -0.39 is 76.9 Å². The van der Waals surface area contributed by atoms with E-state index in [1.54, 1.807) is 37.5 Å². The van der Waals surface area contributed by atoms with Crippen molar-refractivity contribution in [1.29, 1.82) is 5.26 Å². The lowest BCUT2D eigenvalue weighted by atomic mass is 9.42. The predicted octanol–water partition coefficient (Wildman–Crippen LogP) is 7.82. The highest BCUT2D eigenvalue weighted by atomic mass is 28.4. The van der Waals surface area contributed by atoms with Crippen LogP contribution in [0.2, 0.25) is 10.1 Å². The molecule has 0 radical (unpaired) electrons. The lowest BCUT2D eigenvalue weighted by molar-refractivity contribution is -0.263. The van der Waals surface area contributed by atoms with E-state index in [0.717, 1.165) is 0 Å². The van der Waals surface area contributed by atoms with Crippen LogP contribution in [0.5, 0.6) is 5.75 Å². The normalized spacial score (nSPS) is 31.3. The second-order valence-electron chi connectivity index (χ2n) is 17.9. The zero-order chi connectivity index (χ0) is 38.9. The number of esters is 1. The topological polar surface area (TPSA) is 152 Å². The van der Waals surface area contributed by atoms with Crippen LogP contribution in [0, 0.1) is 34.0 Å². The molecule has 1 aliphatic heterocycles. The molecule has 10 nitrogen and oxygen atoms in total. The number of fused-ring (bicyclic) bond motifs is 4. The zero-order valence-corrected chi connectivity index (χ0v) is 33.0. The highest BCUT2D eigenvalue weighted by molar-refractivity contribution is 6.72. The summed E-state index contributed by atoms with van der Waals surface area (Å²) >= 11 is 0. The van der Waals surface area contributed by atoms with Gasteiger partial charge in [-0.25, -0.2) is 9.59 Å². The number of halogens is 1. The second-order valence-corrected chi connectivity index (χ2v) is 22.3. The molecule has 12 heteroatoms. The molecule has 2 fully saturated rings. The van der Waals surface area contributed by atoms with Crippen molar-refractivity contribution in [2.45, 2.75) is 116 Å². The molecule has 1 aromatic carbocycles. The minimum absolute atomic E-state index is 0.0427. The van der Waals surface area contributed by atoms with Crippen molar-refractivity contribution in [2.24, 2.45) is 22.7 Å². The maximum absolute atomic E-state index is 17.5. The van der Waals surface area contributed by atoms with E-state index in [0.29, 0.717) is 24.0 Å². The Labute approximate surface area is 311 Å². The van der Waals surface area contributed by atoms with Crippen LogP contribution in [0.4, 0.5) is 4.11 Å². The lowest BCUT2D eigenvalue weighted by Gasteiger charge is -2.67. The van der Waals surface area contributed by atoms with Gasteiger partial charge < -0.3 is 28.5 Å². The van der Waals surface area contributed by atoms with Gasteiger partial charge in [0.25, 0.3) is 0 Å². The predicted molar refractivity (Wildman–Crippen MR) is 198 cm³/mol. The van der Waals surface area contributed by atoms with Gasteiger partial charge in [-0.1, -0.05) is 55.4 Å². The summed E-state index contributed by atoms with van der Waals surface area (Å²) in [5, 5.41) is 31.5. The van der Waals surface area contributed by atoms with E-state index >= 15 is 4.11 Å². The van der Waals surface area contributed by atoms with Crippen molar-refractivity contribution in [3.05, 3.63) is 82.0 Å². The number of rotatable bonds is 6. The van der Waals surface area contributed by atoms with Crippen LogP contribution < -0.4 is 10.4 Å². The number of carbonyl (C=O) groups is 1. The summed E-state index contributed by atoms with van der Waals surface area (Å²) in [5.74, 6) is -1.69. The van der Waals surface area contributed by atoms with E-state index in [1.165, 1.54) is 24.3 Å². The highest BCUT2D eigenvalue weighted by Crippen LogP contribution is 2.68. The van der Waals surface area contributed by atoms with Gasteiger partial charge in [-0.15, -0.1) is 0 Å². The number of carbonyl (C=O) groups excluding carboxylic acids is 1. The zero-order valence-electron chi connectivity index (χ0n) is 32.0. The summed E-state index contributed by atoms with van der Waals surface area (Å²) < 4.78 is 43.1. The molecule has 3 aromatic rings. The van der Waals surface area contributed by atoms with Crippen molar-refractivity contribution in [3.63, 3.8) is 0 Å². The molecule has 0 saturated heterocycles. The van der Waals surface area contributed by atoms with Gasteiger partial charge in [-0.2, -0.15) is 5.26 Å². The summed E-state index contributed by atoms with van der Waals surface area (Å²) in [6.45, 7) is 16.5. The third kappa shape index (κ3) is 6.14. The van der Waals surface area contributed by atoms with E-state index in [-0.39, 0.29) is 35.7 Å². The number of aromatic nitrogens is 1. The number of benzene rings is 1. The van der Waals surface area contributed by atoms with Crippen LogP contribution in [0.15, 0.2) is 64.1 Å². The Kier molecular flexibility index (Phi) is 9.63. The van der Waals surface area contributed by atoms with E-state index in [1.807, 2.05) is 61.5 Å². The fourth-order valence-corrected chi connectivity index (χ4v) is 13.7. The first-order valence-electron chi connectivity index (χ1n) is 18.3.